The number of carbonyl (C=O) groups is 1. The highest BCUT2D eigenvalue weighted by molar-refractivity contribution is 7.99. The van der Waals surface area contributed by atoms with Gasteiger partial charge in [0.05, 0.1) is 25.7 Å². The van der Waals surface area contributed by atoms with Crippen LogP contribution in [0.3, 0.4) is 0 Å². The van der Waals surface area contributed by atoms with Crippen LogP contribution in [0.4, 0.5) is 17.2 Å². The molecule has 0 aliphatic carbocycles. The van der Waals surface area contributed by atoms with Crippen molar-refractivity contribution < 1.29 is 14.3 Å². The van der Waals surface area contributed by atoms with Crippen LogP contribution in [0.1, 0.15) is 0 Å². The van der Waals surface area contributed by atoms with Crippen molar-refractivity contribution in [3.05, 3.63) is 60.9 Å². The van der Waals surface area contributed by atoms with Crippen molar-refractivity contribution in [1.82, 2.24) is 9.97 Å². The molecule has 8 nitrogen and oxygen atoms in total. The van der Waals surface area contributed by atoms with Crippen LogP contribution in [0.2, 0.25) is 0 Å². The Kier molecular flexibility index (Phi) is 7.51. The highest BCUT2D eigenvalue weighted by Gasteiger charge is 2.21. The first kappa shape index (κ1) is 22.7. The standard InChI is InChI=1S/C24H27N5O3S/c1-31-19-9-7-18(8-10-19)27-23(30)16-33-24-15-22(25-17-26-24)29-13-11-28(12-14-29)20-5-3-4-6-21(20)32-2/h3-10,15,17H,11-14,16H2,1-2H3,(H,27,30). The fraction of sp³-hybridized carbons (Fsp3) is 0.292. The summed E-state index contributed by atoms with van der Waals surface area (Å²) in [4.78, 5) is 25.7. The molecule has 4 rings (SSSR count). The minimum absolute atomic E-state index is 0.0873. The number of aromatic nitrogens is 2. The predicted molar refractivity (Wildman–Crippen MR) is 132 cm³/mol. The van der Waals surface area contributed by atoms with Crippen molar-refractivity contribution in [2.75, 3.05) is 61.3 Å². The predicted octanol–water partition coefficient (Wildman–Crippen LogP) is 3.55. The summed E-state index contributed by atoms with van der Waals surface area (Å²) in [6.07, 6.45) is 1.56. The molecule has 0 spiro atoms. The fourth-order valence-corrected chi connectivity index (χ4v) is 4.32. The maximum Gasteiger partial charge on any atom is 0.234 e. The number of anilines is 3. The number of para-hydroxylation sites is 2. The molecule has 0 radical (unpaired) electrons. The van der Waals surface area contributed by atoms with Crippen LogP contribution in [0.15, 0.2) is 66.0 Å². The first-order chi connectivity index (χ1) is 16.2. The average molecular weight is 466 g/mol. The number of benzene rings is 2. The minimum Gasteiger partial charge on any atom is -0.497 e. The second-order valence-electron chi connectivity index (χ2n) is 7.43. The Bertz CT molecular complexity index is 1070. The van der Waals surface area contributed by atoms with Crippen LogP contribution < -0.4 is 24.6 Å². The van der Waals surface area contributed by atoms with E-state index in [0.29, 0.717) is 0 Å². The highest BCUT2D eigenvalue weighted by Crippen LogP contribution is 2.29. The molecule has 33 heavy (non-hydrogen) atoms. The summed E-state index contributed by atoms with van der Waals surface area (Å²) in [7, 11) is 3.31. The Hall–Kier alpha value is -3.46. The Labute approximate surface area is 197 Å². The van der Waals surface area contributed by atoms with Crippen LogP contribution in [-0.4, -0.2) is 62.0 Å². The molecule has 1 aromatic heterocycles. The smallest absolute Gasteiger partial charge is 0.234 e. The Balaban J connectivity index is 1.30. The van der Waals surface area contributed by atoms with Gasteiger partial charge in [-0.25, -0.2) is 9.97 Å². The molecule has 0 saturated carbocycles. The largest absolute Gasteiger partial charge is 0.497 e. The van der Waals surface area contributed by atoms with Crippen LogP contribution in [-0.2, 0) is 4.79 Å². The number of nitrogens with one attached hydrogen (secondary N) is 1. The molecule has 0 atom stereocenters. The molecule has 0 bridgehead atoms. The zero-order chi connectivity index (χ0) is 23.0. The third-order valence-electron chi connectivity index (χ3n) is 5.38. The summed E-state index contributed by atoms with van der Waals surface area (Å²) in [6, 6.07) is 17.3. The van der Waals surface area contributed by atoms with E-state index in [1.807, 2.05) is 48.5 Å². The van der Waals surface area contributed by atoms with Gasteiger partial charge >= 0.3 is 0 Å². The molecular formula is C24H27N5O3S. The lowest BCUT2D eigenvalue weighted by atomic mass is 10.2. The van der Waals surface area contributed by atoms with E-state index in [1.54, 1.807) is 20.5 Å². The van der Waals surface area contributed by atoms with Crippen LogP contribution >= 0.6 is 11.8 Å². The average Bonchev–Trinajstić information content (AvgIpc) is 2.88. The monoisotopic (exact) mass is 465 g/mol. The van der Waals surface area contributed by atoms with Gasteiger partial charge in [0, 0.05) is 37.9 Å². The maximum absolute atomic E-state index is 12.3. The van der Waals surface area contributed by atoms with Gasteiger partial charge in [0.15, 0.2) is 0 Å². The van der Waals surface area contributed by atoms with E-state index in [1.165, 1.54) is 11.8 Å². The summed E-state index contributed by atoms with van der Waals surface area (Å²) in [5.74, 6) is 2.70. The molecule has 1 N–H and O–H groups in total. The lowest BCUT2D eigenvalue weighted by molar-refractivity contribution is -0.113. The van der Waals surface area contributed by atoms with Gasteiger partial charge in [-0.05, 0) is 36.4 Å². The van der Waals surface area contributed by atoms with E-state index < -0.39 is 0 Å². The van der Waals surface area contributed by atoms with Gasteiger partial charge in [-0.1, -0.05) is 23.9 Å². The Morgan fingerprint density at radius 3 is 2.42 bits per heavy atom. The van der Waals surface area contributed by atoms with Crippen molar-refractivity contribution in [3.8, 4) is 11.5 Å². The molecule has 0 unspecified atom stereocenters. The van der Waals surface area contributed by atoms with Crippen molar-refractivity contribution in [2.45, 2.75) is 5.03 Å². The van der Waals surface area contributed by atoms with Crippen molar-refractivity contribution in [1.29, 1.82) is 0 Å². The zero-order valence-electron chi connectivity index (χ0n) is 18.7. The molecule has 1 aliphatic rings. The second-order valence-corrected chi connectivity index (χ2v) is 8.42. The van der Waals surface area contributed by atoms with Gasteiger partial charge < -0.3 is 24.6 Å². The number of nitrogens with zero attached hydrogens (tertiary/aromatic N) is 4. The van der Waals surface area contributed by atoms with Gasteiger partial charge in [0.1, 0.15) is 28.7 Å². The Morgan fingerprint density at radius 1 is 0.970 bits per heavy atom. The topological polar surface area (TPSA) is 79.8 Å². The molecule has 1 fully saturated rings. The number of thioether (sulfide) groups is 1. The SMILES string of the molecule is COc1ccc(NC(=O)CSc2cc(N3CCN(c4ccccc4OC)CC3)ncn2)cc1. The second kappa shape index (κ2) is 10.9. The molecule has 9 heteroatoms. The molecule has 1 saturated heterocycles. The van der Waals surface area contributed by atoms with Crippen LogP contribution in [0.25, 0.3) is 0 Å². The number of hydrogen-bond acceptors (Lipinski definition) is 8. The van der Waals surface area contributed by atoms with E-state index in [4.69, 9.17) is 9.47 Å². The minimum atomic E-state index is -0.0873. The summed E-state index contributed by atoms with van der Waals surface area (Å²) in [5, 5.41) is 3.66. The quantitative estimate of drug-likeness (QED) is 0.400. The number of ether oxygens (including phenoxy) is 2. The number of rotatable bonds is 8. The van der Waals surface area contributed by atoms with E-state index in [-0.39, 0.29) is 11.7 Å². The van der Waals surface area contributed by atoms with E-state index in [0.717, 1.165) is 59.9 Å². The zero-order valence-corrected chi connectivity index (χ0v) is 19.5. The number of piperazine rings is 1. The molecule has 1 amide bonds. The van der Waals surface area contributed by atoms with Crippen LogP contribution in [0.5, 0.6) is 11.5 Å². The highest BCUT2D eigenvalue weighted by atomic mass is 32.2. The number of methoxy groups -OCH3 is 2. The number of amides is 1. The molecule has 2 heterocycles. The van der Waals surface area contributed by atoms with Gasteiger partial charge in [0.25, 0.3) is 0 Å². The van der Waals surface area contributed by atoms with Gasteiger partial charge in [-0.2, -0.15) is 0 Å². The van der Waals surface area contributed by atoms with Crippen molar-refractivity contribution in [2.24, 2.45) is 0 Å². The van der Waals surface area contributed by atoms with E-state index in [2.05, 4.69) is 31.2 Å². The first-order valence-corrected chi connectivity index (χ1v) is 11.7. The lowest BCUT2D eigenvalue weighted by Gasteiger charge is -2.37. The Morgan fingerprint density at radius 2 is 1.70 bits per heavy atom. The van der Waals surface area contributed by atoms with Gasteiger partial charge in [0.2, 0.25) is 5.91 Å². The summed E-state index contributed by atoms with van der Waals surface area (Å²) in [6.45, 7) is 3.43. The molecule has 172 valence electrons. The maximum atomic E-state index is 12.3. The normalized spacial score (nSPS) is 13.5. The van der Waals surface area contributed by atoms with E-state index in [9.17, 15) is 4.79 Å². The number of hydrogen-bond donors (Lipinski definition) is 1. The fourth-order valence-electron chi connectivity index (χ4n) is 3.66. The molecule has 2 aromatic carbocycles. The lowest BCUT2D eigenvalue weighted by Crippen LogP contribution is -2.47. The third kappa shape index (κ3) is 5.87. The number of carbonyl (C=O) groups excluding carboxylic acids is 1. The van der Waals surface area contributed by atoms with Gasteiger partial charge in [-0.3, -0.25) is 4.79 Å². The summed E-state index contributed by atoms with van der Waals surface area (Å²) >= 11 is 1.39. The first-order valence-electron chi connectivity index (χ1n) is 10.7. The summed E-state index contributed by atoms with van der Waals surface area (Å²) in [5.41, 5.74) is 1.85. The van der Waals surface area contributed by atoms with Crippen molar-refractivity contribution in [3.63, 3.8) is 0 Å². The third-order valence-corrected chi connectivity index (χ3v) is 6.31. The van der Waals surface area contributed by atoms with Crippen molar-refractivity contribution >= 4 is 34.9 Å². The molecule has 1 aliphatic heterocycles. The van der Waals surface area contributed by atoms with Gasteiger partial charge in [-0.15, -0.1) is 0 Å². The van der Waals surface area contributed by atoms with Crippen LogP contribution in [0, 0.1) is 0 Å². The van der Waals surface area contributed by atoms with E-state index >= 15 is 0 Å². The summed E-state index contributed by atoms with van der Waals surface area (Å²) < 4.78 is 10.6. The molecule has 3 aromatic rings. The molecular weight excluding hydrogens is 438 g/mol.